The molecule has 3 rings (SSSR count). The molecule has 0 saturated heterocycles. The van der Waals surface area contributed by atoms with Crippen molar-refractivity contribution in [2.75, 3.05) is 14.2 Å². The quantitative estimate of drug-likeness (QED) is 0.475. The lowest BCUT2D eigenvalue weighted by atomic mass is 10.1. The Morgan fingerprint density at radius 2 is 1.89 bits per heavy atom. The molecule has 0 bridgehead atoms. The maximum absolute atomic E-state index is 12.1. The molecule has 1 aromatic heterocycles. The van der Waals surface area contributed by atoms with Gasteiger partial charge in [-0.15, -0.1) is 0 Å². The summed E-state index contributed by atoms with van der Waals surface area (Å²) in [5.41, 5.74) is 4.05. The normalized spacial score (nSPS) is 10.8. The van der Waals surface area contributed by atoms with E-state index in [1.165, 1.54) is 6.21 Å². The molecule has 0 atom stereocenters. The summed E-state index contributed by atoms with van der Waals surface area (Å²) in [5, 5.41) is 4.54. The van der Waals surface area contributed by atoms with Crippen molar-refractivity contribution in [2.24, 2.45) is 5.10 Å². The van der Waals surface area contributed by atoms with Gasteiger partial charge in [0.2, 0.25) is 5.91 Å². The zero-order valence-electron chi connectivity index (χ0n) is 15.4. The second-order valence-electron chi connectivity index (χ2n) is 5.84. The standard InChI is InChI=1S/C21H19ClN2O4/c1-26-19-9-7-14(11-20(19)27-2)12-21(25)24-23-13-15-8-10-18(28-15)16-5-3-4-6-17(16)22/h3-11,13H,12H2,1-2H3,(H,24,25)/b23-13-. The molecule has 0 unspecified atom stereocenters. The molecule has 0 spiro atoms. The van der Waals surface area contributed by atoms with Gasteiger partial charge in [-0.1, -0.05) is 29.8 Å². The Kier molecular flexibility index (Phi) is 6.34. The average Bonchev–Trinajstić information content (AvgIpc) is 3.16. The minimum Gasteiger partial charge on any atom is -0.493 e. The summed E-state index contributed by atoms with van der Waals surface area (Å²) in [6.07, 6.45) is 1.59. The Morgan fingerprint density at radius 3 is 2.64 bits per heavy atom. The summed E-state index contributed by atoms with van der Waals surface area (Å²) < 4.78 is 16.1. The smallest absolute Gasteiger partial charge is 0.244 e. The summed E-state index contributed by atoms with van der Waals surface area (Å²) in [5.74, 6) is 2.04. The summed E-state index contributed by atoms with van der Waals surface area (Å²) in [6.45, 7) is 0. The third-order valence-electron chi connectivity index (χ3n) is 3.96. The fourth-order valence-corrected chi connectivity index (χ4v) is 2.84. The molecule has 7 heteroatoms. The van der Waals surface area contributed by atoms with Gasteiger partial charge in [0.1, 0.15) is 11.5 Å². The summed E-state index contributed by atoms with van der Waals surface area (Å²) in [6, 6.07) is 16.3. The number of benzene rings is 2. The highest BCUT2D eigenvalue weighted by Crippen LogP contribution is 2.29. The third-order valence-corrected chi connectivity index (χ3v) is 4.29. The number of methoxy groups -OCH3 is 2. The number of furan rings is 1. The first-order valence-electron chi connectivity index (χ1n) is 8.48. The molecule has 1 N–H and O–H groups in total. The molecular formula is C21H19ClN2O4. The summed E-state index contributed by atoms with van der Waals surface area (Å²) >= 11 is 6.16. The summed E-state index contributed by atoms with van der Waals surface area (Å²) in [7, 11) is 3.11. The monoisotopic (exact) mass is 398 g/mol. The van der Waals surface area contributed by atoms with Crippen molar-refractivity contribution >= 4 is 23.7 Å². The largest absolute Gasteiger partial charge is 0.493 e. The van der Waals surface area contributed by atoms with Crippen LogP contribution in [-0.2, 0) is 11.2 Å². The molecule has 3 aromatic rings. The lowest BCUT2D eigenvalue weighted by Gasteiger charge is -2.09. The number of hydrazone groups is 1. The predicted octanol–water partition coefficient (Wildman–Crippen LogP) is 4.31. The number of nitrogens with zero attached hydrogens (tertiary/aromatic N) is 1. The van der Waals surface area contributed by atoms with Gasteiger partial charge in [-0.25, -0.2) is 5.43 Å². The first kappa shape index (κ1) is 19.5. The molecule has 144 valence electrons. The molecule has 1 amide bonds. The van der Waals surface area contributed by atoms with Crippen LogP contribution >= 0.6 is 11.6 Å². The maximum atomic E-state index is 12.1. The van der Waals surface area contributed by atoms with Crippen molar-refractivity contribution in [1.82, 2.24) is 5.43 Å². The van der Waals surface area contributed by atoms with Gasteiger partial charge in [0, 0.05) is 5.56 Å². The SMILES string of the molecule is COc1ccc(CC(=O)N/N=C\c2ccc(-c3ccccc3Cl)o2)cc1OC. The Balaban J connectivity index is 1.59. The van der Waals surface area contributed by atoms with E-state index in [1.54, 1.807) is 50.6 Å². The van der Waals surface area contributed by atoms with Crippen LogP contribution < -0.4 is 14.9 Å². The minimum absolute atomic E-state index is 0.153. The van der Waals surface area contributed by atoms with Crippen LogP contribution in [0.1, 0.15) is 11.3 Å². The third kappa shape index (κ3) is 4.72. The first-order valence-corrected chi connectivity index (χ1v) is 8.86. The maximum Gasteiger partial charge on any atom is 0.244 e. The van der Waals surface area contributed by atoms with Crippen molar-refractivity contribution in [3.63, 3.8) is 0 Å². The molecule has 28 heavy (non-hydrogen) atoms. The number of rotatable bonds is 7. The molecule has 0 fully saturated rings. The Labute approximate surface area is 167 Å². The van der Waals surface area contributed by atoms with Crippen LogP contribution in [0.4, 0.5) is 0 Å². The van der Waals surface area contributed by atoms with Gasteiger partial charge in [-0.3, -0.25) is 4.79 Å². The zero-order chi connectivity index (χ0) is 19.9. The number of amides is 1. The van der Waals surface area contributed by atoms with E-state index in [1.807, 2.05) is 18.2 Å². The molecule has 0 aliphatic heterocycles. The first-order chi connectivity index (χ1) is 13.6. The van der Waals surface area contributed by atoms with Crippen molar-refractivity contribution in [1.29, 1.82) is 0 Å². The van der Waals surface area contributed by atoms with E-state index in [4.69, 9.17) is 25.5 Å². The molecule has 0 aliphatic rings. The Bertz CT molecular complexity index is 998. The number of carbonyl (C=O) groups is 1. The Hall–Kier alpha value is -3.25. The topological polar surface area (TPSA) is 73.1 Å². The molecule has 2 aromatic carbocycles. The molecule has 0 saturated carbocycles. The van der Waals surface area contributed by atoms with Crippen molar-refractivity contribution in [2.45, 2.75) is 6.42 Å². The number of halogens is 1. The number of ether oxygens (including phenoxy) is 2. The van der Waals surface area contributed by atoms with Crippen LogP contribution in [0.5, 0.6) is 11.5 Å². The summed E-state index contributed by atoms with van der Waals surface area (Å²) in [4.78, 5) is 12.1. The minimum atomic E-state index is -0.263. The number of hydrogen-bond donors (Lipinski definition) is 1. The van der Waals surface area contributed by atoms with Gasteiger partial charge >= 0.3 is 0 Å². The van der Waals surface area contributed by atoms with Crippen LogP contribution in [0.15, 0.2) is 64.1 Å². The second kappa shape index (κ2) is 9.10. The van der Waals surface area contributed by atoms with E-state index >= 15 is 0 Å². The lowest BCUT2D eigenvalue weighted by Crippen LogP contribution is -2.19. The molecule has 0 aliphatic carbocycles. The number of hydrogen-bond acceptors (Lipinski definition) is 5. The van der Waals surface area contributed by atoms with E-state index in [0.717, 1.165) is 11.1 Å². The Morgan fingerprint density at radius 1 is 1.11 bits per heavy atom. The van der Waals surface area contributed by atoms with Crippen LogP contribution in [0.3, 0.4) is 0 Å². The van der Waals surface area contributed by atoms with Gasteiger partial charge < -0.3 is 13.9 Å². The highest BCUT2D eigenvalue weighted by Gasteiger charge is 2.09. The van der Waals surface area contributed by atoms with Gasteiger partial charge in [-0.05, 0) is 42.0 Å². The van der Waals surface area contributed by atoms with Gasteiger partial charge in [-0.2, -0.15) is 5.10 Å². The van der Waals surface area contributed by atoms with E-state index in [2.05, 4.69) is 10.5 Å². The zero-order valence-corrected chi connectivity index (χ0v) is 16.2. The number of carbonyl (C=O) groups excluding carboxylic acids is 1. The highest BCUT2D eigenvalue weighted by molar-refractivity contribution is 6.33. The fourth-order valence-electron chi connectivity index (χ4n) is 2.61. The molecule has 0 radical (unpaired) electrons. The molecule has 1 heterocycles. The average molecular weight is 399 g/mol. The molecule has 6 nitrogen and oxygen atoms in total. The van der Waals surface area contributed by atoms with Crippen LogP contribution in [0.2, 0.25) is 5.02 Å². The van der Waals surface area contributed by atoms with E-state index < -0.39 is 0 Å². The highest BCUT2D eigenvalue weighted by atomic mass is 35.5. The van der Waals surface area contributed by atoms with Gasteiger partial charge in [0.05, 0.1) is 31.9 Å². The van der Waals surface area contributed by atoms with Crippen molar-refractivity contribution < 1.29 is 18.7 Å². The number of nitrogens with one attached hydrogen (secondary N) is 1. The van der Waals surface area contributed by atoms with Gasteiger partial charge in [0.15, 0.2) is 11.5 Å². The van der Waals surface area contributed by atoms with Crippen LogP contribution in [-0.4, -0.2) is 26.3 Å². The van der Waals surface area contributed by atoms with Crippen molar-refractivity contribution in [3.8, 4) is 22.8 Å². The van der Waals surface area contributed by atoms with Crippen LogP contribution in [0, 0.1) is 0 Å². The van der Waals surface area contributed by atoms with Crippen LogP contribution in [0.25, 0.3) is 11.3 Å². The van der Waals surface area contributed by atoms with E-state index in [-0.39, 0.29) is 12.3 Å². The van der Waals surface area contributed by atoms with E-state index in [0.29, 0.717) is 28.0 Å². The molecular weight excluding hydrogens is 380 g/mol. The second-order valence-corrected chi connectivity index (χ2v) is 6.25. The lowest BCUT2D eigenvalue weighted by molar-refractivity contribution is -0.120. The fraction of sp³-hybridized carbons (Fsp3) is 0.143. The van der Waals surface area contributed by atoms with Crippen molar-refractivity contribution in [3.05, 3.63) is 70.9 Å². The van der Waals surface area contributed by atoms with E-state index in [9.17, 15) is 4.79 Å². The predicted molar refractivity (Wildman–Crippen MR) is 108 cm³/mol. The van der Waals surface area contributed by atoms with Gasteiger partial charge in [0.25, 0.3) is 0 Å².